The lowest BCUT2D eigenvalue weighted by Gasteiger charge is -2.01. The number of fused-ring (bicyclic) bond motifs is 1. The number of aromatic nitrogens is 2. The zero-order valence-corrected chi connectivity index (χ0v) is 17.2. The number of carbonyl (C=O) groups is 1. The summed E-state index contributed by atoms with van der Waals surface area (Å²) in [5.41, 5.74) is 1.89. The zero-order valence-electron chi connectivity index (χ0n) is 12.4. The summed E-state index contributed by atoms with van der Waals surface area (Å²) in [6, 6.07) is 9.52. The first-order valence-electron chi connectivity index (χ1n) is 6.50. The van der Waals surface area contributed by atoms with Gasteiger partial charge < -0.3 is 26.3 Å². The van der Waals surface area contributed by atoms with Crippen LogP contribution in [0, 0.1) is 0 Å². The molecule has 3 aromatic rings. The van der Waals surface area contributed by atoms with Crippen LogP contribution in [0.2, 0.25) is 0 Å². The molecule has 0 radical (unpaired) electrons. The molecule has 3 rings (SSSR count). The predicted molar refractivity (Wildman–Crippen MR) is 94.3 cm³/mol. The maximum Gasteiger partial charge on any atom is 0.183 e. The van der Waals surface area contributed by atoms with Crippen LogP contribution in [0.5, 0.6) is 5.75 Å². The van der Waals surface area contributed by atoms with Crippen molar-refractivity contribution in [3.63, 3.8) is 0 Å². The molecule has 0 spiro atoms. The monoisotopic (exact) mass is 475 g/mol. The number of halogens is 2. The van der Waals surface area contributed by atoms with Crippen molar-refractivity contribution in [2.45, 2.75) is 5.16 Å². The van der Waals surface area contributed by atoms with Gasteiger partial charge in [0, 0.05) is 13.1 Å². The highest BCUT2D eigenvalue weighted by Crippen LogP contribution is 2.28. The molecule has 0 atom stereocenters. The van der Waals surface area contributed by atoms with Gasteiger partial charge >= 0.3 is 0 Å². The molecule has 0 amide bonds. The molecule has 2 aromatic heterocycles. The Balaban J connectivity index is 0.00000192. The summed E-state index contributed by atoms with van der Waals surface area (Å²) in [7, 11) is 3.59. The predicted octanol–water partition coefficient (Wildman–Crippen LogP) is 1.38. The molecule has 8 heteroatoms. The van der Waals surface area contributed by atoms with Crippen molar-refractivity contribution in [3.8, 4) is 5.75 Å². The lowest BCUT2D eigenvalue weighted by molar-refractivity contribution is -0.0000124. The fraction of sp³-hybridized carbons (Fsp3) is 0.200. The summed E-state index contributed by atoms with van der Waals surface area (Å²) >= 11 is 6.28. The summed E-state index contributed by atoms with van der Waals surface area (Å²) in [4.78, 5) is 17.5. The first-order valence-corrected chi connectivity index (χ1v) is 9.10. The molecular formula is C15H13Br2N2O2S2-. The molecule has 0 aliphatic carbocycles. The van der Waals surface area contributed by atoms with Gasteiger partial charge in [0.1, 0.15) is 5.75 Å². The molecule has 0 N–H and O–H groups in total. The molecular weight excluding hydrogens is 464 g/mol. The van der Waals surface area contributed by atoms with E-state index in [0.717, 1.165) is 30.6 Å². The number of aryl methyl sites for hydroxylation is 1. The van der Waals surface area contributed by atoms with Crippen molar-refractivity contribution < 1.29 is 26.5 Å². The first kappa shape index (κ1) is 18.5. The number of ketones is 1. The second kappa shape index (κ2) is 7.83. The van der Waals surface area contributed by atoms with Crippen LogP contribution in [-0.4, -0.2) is 28.2 Å². The smallest absolute Gasteiger partial charge is 0.183 e. The molecule has 0 saturated heterocycles. The molecule has 0 unspecified atom stereocenters. The van der Waals surface area contributed by atoms with Crippen LogP contribution in [0.1, 0.15) is 9.67 Å². The van der Waals surface area contributed by atoms with Gasteiger partial charge in [-0.3, -0.25) is 4.79 Å². The summed E-state index contributed by atoms with van der Waals surface area (Å²) in [5, 5.41) is 0.826. The number of nitrogens with zero attached hydrogens (tertiary/aromatic N) is 2. The van der Waals surface area contributed by atoms with E-state index >= 15 is 0 Å². The van der Waals surface area contributed by atoms with Gasteiger partial charge in [-0.1, -0.05) is 11.8 Å². The Morgan fingerprint density at radius 2 is 2.17 bits per heavy atom. The van der Waals surface area contributed by atoms with E-state index in [-0.39, 0.29) is 22.8 Å². The number of hydrogen-bond donors (Lipinski definition) is 0. The normalized spacial score (nSPS) is 10.6. The third-order valence-corrected chi connectivity index (χ3v) is 5.92. The van der Waals surface area contributed by atoms with Gasteiger partial charge in [-0.05, 0) is 40.2 Å². The molecule has 0 bridgehead atoms. The Bertz CT molecular complexity index is 845. The van der Waals surface area contributed by atoms with Crippen LogP contribution in [0.4, 0.5) is 0 Å². The number of imidazole rings is 1. The fourth-order valence-corrected chi connectivity index (χ4v) is 4.36. The van der Waals surface area contributed by atoms with Crippen LogP contribution in [-0.2, 0) is 7.05 Å². The summed E-state index contributed by atoms with van der Waals surface area (Å²) < 4.78 is 8.18. The zero-order chi connectivity index (χ0) is 15.7. The first-order chi connectivity index (χ1) is 10.6. The van der Waals surface area contributed by atoms with E-state index in [0.29, 0.717) is 5.75 Å². The average Bonchev–Trinajstić information content (AvgIpc) is 3.09. The highest BCUT2D eigenvalue weighted by molar-refractivity contribution is 9.11. The van der Waals surface area contributed by atoms with Crippen molar-refractivity contribution in [1.29, 1.82) is 0 Å². The number of ether oxygens (including phenoxy) is 1. The van der Waals surface area contributed by atoms with Gasteiger partial charge in [0.05, 0.1) is 32.6 Å². The van der Waals surface area contributed by atoms with Crippen LogP contribution in [0.25, 0.3) is 11.0 Å². The van der Waals surface area contributed by atoms with E-state index < -0.39 is 0 Å². The third kappa shape index (κ3) is 3.99. The van der Waals surface area contributed by atoms with E-state index in [1.807, 2.05) is 41.9 Å². The number of benzene rings is 1. The summed E-state index contributed by atoms with van der Waals surface area (Å²) in [6.45, 7) is 0. The highest BCUT2D eigenvalue weighted by atomic mass is 79.9. The molecule has 0 saturated carbocycles. The summed E-state index contributed by atoms with van der Waals surface area (Å²) in [5.74, 6) is 1.27. The van der Waals surface area contributed by atoms with Gasteiger partial charge in [0.2, 0.25) is 0 Å². The van der Waals surface area contributed by atoms with E-state index in [1.54, 1.807) is 7.11 Å². The second-order valence-corrected chi connectivity index (χ2v) is 8.03. The third-order valence-electron chi connectivity index (χ3n) is 3.23. The van der Waals surface area contributed by atoms with Crippen molar-refractivity contribution >= 4 is 55.8 Å². The number of methoxy groups -OCH3 is 1. The number of carbonyl (C=O) groups excluding carboxylic acids is 1. The van der Waals surface area contributed by atoms with Gasteiger partial charge in [0.15, 0.2) is 10.9 Å². The van der Waals surface area contributed by atoms with Crippen molar-refractivity contribution in [2.75, 3.05) is 12.9 Å². The Hall–Kier alpha value is -0.830. The molecule has 122 valence electrons. The fourth-order valence-electron chi connectivity index (χ4n) is 2.08. The lowest BCUT2D eigenvalue weighted by Crippen LogP contribution is -3.00. The average molecular weight is 477 g/mol. The van der Waals surface area contributed by atoms with Crippen LogP contribution in [0.15, 0.2) is 39.3 Å². The van der Waals surface area contributed by atoms with E-state index in [9.17, 15) is 4.79 Å². The molecule has 4 nitrogen and oxygen atoms in total. The van der Waals surface area contributed by atoms with Crippen LogP contribution in [0.3, 0.4) is 0 Å². The topological polar surface area (TPSA) is 44.1 Å². The Morgan fingerprint density at radius 3 is 2.83 bits per heavy atom. The van der Waals surface area contributed by atoms with E-state index in [4.69, 9.17) is 4.74 Å². The second-order valence-electron chi connectivity index (χ2n) is 4.62. The number of hydrogen-bond acceptors (Lipinski definition) is 5. The maximum atomic E-state index is 12.2. The summed E-state index contributed by atoms with van der Waals surface area (Å²) in [6.07, 6.45) is 0. The van der Waals surface area contributed by atoms with E-state index in [1.165, 1.54) is 23.1 Å². The maximum absolute atomic E-state index is 12.2. The van der Waals surface area contributed by atoms with Crippen molar-refractivity contribution in [2.24, 2.45) is 7.05 Å². The SMILES string of the molecule is COc1ccc2c(c1)nc(SCC(=O)c1ccc(Br)s1)n2C.[Br-]. The Kier molecular flexibility index (Phi) is 6.30. The van der Waals surface area contributed by atoms with Gasteiger partial charge in [-0.25, -0.2) is 4.98 Å². The molecule has 1 aromatic carbocycles. The van der Waals surface area contributed by atoms with Gasteiger partial charge in [0.25, 0.3) is 0 Å². The van der Waals surface area contributed by atoms with Crippen LogP contribution >= 0.6 is 39.0 Å². The number of thiophene rings is 1. The minimum Gasteiger partial charge on any atom is -1.00 e. The number of thioether (sulfide) groups is 1. The van der Waals surface area contributed by atoms with E-state index in [2.05, 4.69) is 20.9 Å². The van der Waals surface area contributed by atoms with Gasteiger partial charge in [-0.2, -0.15) is 0 Å². The standard InChI is InChI=1S/C15H13BrN2O2S2.BrH/c1-18-11-4-3-9(20-2)7-10(11)17-15(18)21-8-12(19)13-5-6-14(16)22-13;/h3-7H,8H2,1-2H3;1H/p-1. The lowest BCUT2D eigenvalue weighted by atomic mass is 10.3. The van der Waals surface area contributed by atoms with Gasteiger partial charge in [-0.15, -0.1) is 11.3 Å². The highest BCUT2D eigenvalue weighted by Gasteiger charge is 2.13. The number of Topliss-reactive ketones (excluding diaryl/α,β-unsaturated/α-hetero) is 1. The Labute approximate surface area is 161 Å². The quantitative estimate of drug-likeness (QED) is 0.412. The van der Waals surface area contributed by atoms with Crippen molar-refractivity contribution in [1.82, 2.24) is 9.55 Å². The minimum absolute atomic E-state index is 0. The molecule has 23 heavy (non-hydrogen) atoms. The molecule has 0 aliphatic heterocycles. The minimum atomic E-state index is 0. The molecule has 0 fully saturated rings. The van der Waals surface area contributed by atoms with Crippen molar-refractivity contribution in [3.05, 3.63) is 39.0 Å². The van der Waals surface area contributed by atoms with Crippen LogP contribution < -0.4 is 21.7 Å². The molecule has 0 aliphatic rings. The molecule has 2 heterocycles. The number of rotatable bonds is 5. The largest absolute Gasteiger partial charge is 1.00 e. The Morgan fingerprint density at radius 1 is 1.39 bits per heavy atom.